The van der Waals surface area contributed by atoms with Crippen LogP contribution in [0.3, 0.4) is 0 Å². The number of ether oxygens (including phenoxy) is 1. The van der Waals surface area contributed by atoms with Crippen molar-refractivity contribution in [2.24, 2.45) is 0 Å². The molecule has 0 radical (unpaired) electrons. The molecule has 8 nitrogen and oxygen atoms in total. The van der Waals surface area contributed by atoms with Crippen LogP contribution >= 0.6 is 11.8 Å². The molecule has 0 atom stereocenters. The number of thioether (sulfide) groups is 1. The van der Waals surface area contributed by atoms with E-state index in [2.05, 4.69) is 13.2 Å². The summed E-state index contributed by atoms with van der Waals surface area (Å²) in [6.07, 6.45) is 4.78. The summed E-state index contributed by atoms with van der Waals surface area (Å²) >= 11 is 1.19. The van der Waals surface area contributed by atoms with Crippen molar-refractivity contribution in [3.05, 3.63) is 94.6 Å². The van der Waals surface area contributed by atoms with Crippen LogP contribution in [0.1, 0.15) is 26.3 Å². The van der Waals surface area contributed by atoms with E-state index in [-0.39, 0.29) is 35.5 Å². The van der Waals surface area contributed by atoms with E-state index < -0.39 is 29.2 Å². The molecule has 1 amide bonds. The van der Waals surface area contributed by atoms with E-state index in [9.17, 15) is 24.5 Å². The maximum absolute atomic E-state index is 13.0. The van der Waals surface area contributed by atoms with Gasteiger partial charge in [0.1, 0.15) is 0 Å². The summed E-state index contributed by atoms with van der Waals surface area (Å²) < 4.78 is 5.13. The fourth-order valence-electron chi connectivity index (χ4n) is 2.87. The number of ketones is 1. The molecule has 0 saturated heterocycles. The second-order valence-electron chi connectivity index (χ2n) is 6.47. The Bertz CT molecular complexity index is 1060. The lowest BCUT2D eigenvalue weighted by molar-refractivity contribution is -0.387. The van der Waals surface area contributed by atoms with Crippen LogP contribution in [0.4, 0.5) is 5.69 Å². The molecule has 0 fully saturated rings. The highest BCUT2D eigenvalue weighted by molar-refractivity contribution is 7.98. The highest BCUT2D eigenvalue weighted by Crippen LogP contribution is 2.29. The zero-order chi connectivity index (χ0) is 23.7. The monoisotopic (exact) mass is 454 g/mol. The Morgan fingerprint density at radius 2 is 1.72 bits per heavy atom. The highest BCUT2D eigenvalue weighted by atomic mass is 32.2. The average Bonchev–Trinajstić information content (AvgIpc) is 2.81. The summed E-state index contributed by atoms with van der Waals surface area (Å²) in [5.41, 5.74) is -0.154. The normalized spacial score (nSPS) is 10.2. The predicted molar refractivity (Wildman–Crippen MR) is 122 cm³/mol. The second kappa shape index (κ2) is 11.6. The smallest absolute Gasteiger partial charge is 0.339 e. The molecular weight excluding hydrogens is 432 g/mol. The fourth-order valence-corrected chi connectivity index (χ4v) is 3.42. The predicted octanol–water partition coefficient (Wildman–Crippen LogP) is 3.91. The van der Waals surface area contributed by atoms with E-state index in [0.717, 1.165) is 0 Å². The van der Waals surface area contributed by atoms with Gasteiger partial charge in [0, 0.05) is 30.3 Å². The standard InChI is InChI=1S/C23H22N2O6S/c1-4-12-24(13-5-2)21(26)15-31-23(28)18-9-7-6-8-17(18)22(27)16-10-11-20(32-3)19(14-16)25(29)30/h4-11,14H,1-2,12-13,15H2,3H3. The first-order chi connectivity index (χ1) is 15.3. The lowest BCUT2D eigenvalue weighted by Gasteiger charge is -2.19. The lowest BCUT2D eigenvalue weighted by atomic mass is 9.98. The van der Waals surface area contributed by atoms with E-state index in [1.807, 2.05) is 0 Å². The summed E-state index contributed by atoms with van der Waals surface area (Å²) in [7, 11) is 0. The van der Waals surface area contributed by atoms with Crippen molar-refractivity contribution < 1.29 is 24.0 Å². The maximum atomic E-state index is 13.0. The molecule has 0 heterocycles. The molecule has 9 heteroatoms. The van der Waals surface area contributed by atoms with Crippen molar-refractivity contribution in [1.29, 1.82) is 0 Å². The Hall–Kier alpha value is -3.72. The third kappa shape index (κ3) is 5.92. The van der Waals surface area contributed by atoms with Crippen LogP contribution in [-0.2, 0) is 9.53 Å². The SMILES string of the molecule is C=CCN(CC=C)C(=O)COC(=O)c1ccccc1C(=O)c1ccc(SC)c([N+](=O)[O-])c1. The van der Waals surface area contributed by atoms with E-state index in [1.165, 1.54) is 47.0 Å². The molecule has 0 aliphatic rings. The molecule has 0 bridgehead atoms. The van der Waals surface area contributed by atoms with Gasteiger partial charge in [0.2, 0.25) is 0 Å². The van der Waals surface area contributed by atoms with Crippen molar-refractivity contribution in [2.75, 3.05) is 26.0 Å². The van der Waals surface area contributed by atoms with E-state index in [4.69, 9.17) is 4.74 Å². The molecule has 0 saturated carbocycles. The van der Waals surface area contributed by atoms with Crippen molar-refractivity contribution in [3.63, 3.8) is 0 Å². The fraction of sp³-hybridized carbons (Fsp3) is 0.174. The average molecular weight is 455 g/mol. The van der Waals surface area contributed by atoms with Gasteiger partial charge < -0.3 is 9.64 Å². The third-order valence-corrected chi connectivity index (χ3v) is 5.19. The minimum absolute atomic E-state index is 0.0187. The van der Waals surface area contributed by atoms with Crippen molar-refractivity contribution >= 4 is 35.1 Å². The molecule has 2 aromatic carbocycles. The Balaban J connectivity index is 2.26. The van der Waals surface area contributed by atoms with Crippen LogP contribution in [-0.4, -0.2) is 53.4 Å². The summed E-state index contributed by atoms with van der Waals surface area (Å²) in [4.78, 5) is 50.5. The number of esters is 1. The van der Waals surface area contributed by atoms with Gasteiger partial charge in [-0.25, -0.2) is 4.79 Å². The van der Waals surface area contributed by atoms with Crippen LogP contribution in [0.25, 0.3) is 0 Å². The van der Waals surface area contributed by atoms with Crippen molar-refractivity contribution in [1.82, 2.24) is 4.90 Å². The quantitative estimate of drug-likeness (QED) is 0.127. The van der Waals surface area contributed by atoms with Gasteiger partial charge in [0.05, 0.1) is 15.4 Å². The molecule has 0 aliphatic heterocycles. The Morgan fingerprint density at radius 1 is 1.09 bits per heavy atom. The number of hydrogen-bond acceptors (Lipinski definition) is 7. The maximum Gasteiger partial charge on any atom is 0.339 e. The van der Waals surface area contributed by atoms with Gasteiger partial charge in [0.15, 0.2) is 12.4 Å². The molecule has 0 aliphatic carbocycles. The number of nitro benzene ring substituents is 1. The summed E-state index contributed by atoms with van der Waals surface area (Å²) in [6, 6.07) is 10.1. The second-order valence-corrected chi connectivity index (χ2v) is 7.32. The first-order valence-corrected chi connectivity index (χ1v) is 10.7. The molecule has 166 valence electrons. The van der Waals surface area contributed by atoms with Crippen LogP contribution in [0.2, 0.25) is 0 Å². The van der Waals surface area contributed by atoms with E-state index in [1.54, 1.807) is 30.5 Å². The summed E-state index contributed by atoms with van der Waals surface area (Å²) in [6.45, 7) is 7.17. The van der Waals surface area contributed by atoms with Crippen LogP contribution in [0, 0.1) is 10.1 Å². The molecule has 0 N–H and O–H groups in total. The van der Waals surface area contributed by atoms with Gasteiger partial charge in [-0.3, -0.25) is 19.7 Å². The zero-order valence-electron chi connectivity index (χ0n) is 17.5. The van der Waals surface area contributed by atoms with E-state index >= 15 is 0 Å². The number of nitro groups is 1. The lowest BCUT2D eigenvalue weighted by Crippen LogP contribution is -2.35. The van der Waals surface area contributed by atoms with Gasteiger partial charge in [-0.1, -0.05) is 30.4 Å². The minimum Gasteiger partial charge on any atom is -0.452 e. The van der Waals surface area contributed by atoms with Gasteiger partial charge in [-0.15, -0.1) is 24.9 Å². The summed E-state index contributed by atoms with van der Waals surface area (Å²) in [5, 5.41) is 11.3. The molecule has 0 spiro atoms. The third-order valence-electron chi connectivity index (χ3n) is 4.41. The van der Waals surface area contributed by atoms with Crippen LogP contribution < -0.4 is 0 Å². The Labute approximate surface area is 189 Å². The van der Waals surface area contributed by atoms with Crippen LogP contribution in [0.5, 0.6) is 0 Å². The first-order valence-electron chi connectivity index (χ1n) is 9.46. The van der Waals surface area contributed by atoms with Gasteiger partial charge in [-0.05, 0) is 24.5 Å². The molecule has 0 unspecified atom stereocenters. The number of carbonyl (C=O) groups excluding carboxylic acids is 3. The number of rotatable bonds is 11. The highest BCUT2D eigenvalue weighted by Gasteiger charge is 2.23. The van der Waals surface area contributed by atoms with Gasteiger partial charge in [-0.2, -0.15) is 0 Å². The van der Waals surface area contributed by atoms with Crippen molar-refractivity contribution in [2.45, 2.75) is 4.90 Å². The number of carbonyl (C=O) groups is 3. The van der Waals surface area contributed by atoms with Gasteiger partial charge >= 0.3 is 5.97 Å². The van der Waals surface area contributed by atoms with Gasteiger partial charge in [0.25, 0.3) is 11.6 Å². The Morgan fingerprint density at radius 3 is 2.28 bits per heavy atom. The Kier molecular flexibility index (Phi) is 8.91. The minimum atomic E-state index is -0.852. The molecule has 32 heavy (non-hydrogen) atoms. The largest absolute Gasteiger partial charge is 0.452 e. The molecule has 2 rings (SSSR count). The van der Waals surface area contributed by atoms with E-state index in [0.29, 0.717) is 4.90 Å². The van der Waals surface area contributed by atoms with Crippen molar-refractivity contribution in [3.8, 4) is 0 Å². The topological polar surface area (TPSA) is 107 Å². The molecule has 0 aromatic heterocycles. The van der Waals surface area contributed by atoms with Crippen LogP contribution in [0.15, 0.2) is 72.7 Å². The number of hydrogen-bond donors (Lipinski definition) is 0. The first kappa shape index (κ1) is 24.5. The molecule has 2 aromatic rings. The number of amides is 1. The number of benzene rings is 2. The zero-order valence-corrected chi connectivity index (χ0v) is 18.3. The molecular formula is C23H22N2O6S. The summed E-state index contributed by atoms with van der Waals surface area (Å²) in [5.74, 6) is -1.86. The number of nitrogens with zero attached hydrogens (tertiary/aromatic N) is 2.